The Kier molecular flexibility index (Phi) is 7.30. The largest absolute Gasteiger partial charge is 0.462 e. The fourth-order valence-electron chi connectivity index (χ4n) is 1.65. The van der Waals surface area contributed by atoms with Crippen LogP contribution in [0.3, 0.4) is 0 Å². The second-order valence-corrected chi connectivity index (χ2v) is 4.65. The maximum atomic E-state index is 12.1. The van der Waals surface area contributed by atoms with Crippen LogP contribution < -0.4 is 10.6 Å². The molecular weight excluding hydrogens is 298 g/mol. The molecule has 0 fully saturated rings. The number of nitrogens with one attached hydrogen (secondary N) is 2. The van der Waals surface area contributed by atoms with Gasteiger partial charge in [-0.2, -0.15) is 5.26 Å². The summed E-state index contributed by atoms with van der Waals surface area (Å²) >= 11 is 0. The Labute approximate surface area is 134 Å². The van der Waals surface area contributed by atoms with Crippen LogP contribution in [0.15, 0.2) is 36.0 Å². The topological polar surface area (TPSA) is 111 Å². The van der Waals surface area contributed by atoms with Gasteiger partial charge in [-0.05, 0) is 26.0 Å². The minimum Gasteiger partial charge on any atom is -0.462 e. The summed E-state index contributed by atoms with van der Waals surface area (Å²) in [6, 6.07) is 8.12. The molecule has 1 rings (SSSR count). The average Bonchev–Trinajstić information content (AvgIpc) is 2.52. The maximum Gasteiger partial charge on any atom is 0.340 e. The van der Waals surface area contributed by atoms with Crippen molar-refractivity contribution >= 4 is 17.6 Å². The summed E-state index contributed by atoms with van der Waals surface area (Å²) in [7, 11) is 0. The summed E-state index contributed by atoms with van der Waals surface area (Å²) in [5.74, 6) is -1.22. The van der Waals surface area contributed by atoms with Gasteiger partial charge in [-0.3, -0.25) is 4.79 Å². The Morgan fingerprint density at radius 3 is 2.74 bits per heavy atom. The van der Waals surface area contributed by atoms with Crippen molar-refractivity contribution in [1.82, 2.24) is 5.32 Å². The first-order valence-electron chi connectivity index (χ1n) is 7.08. The van der Waals surface area contributed by atoms with E-state index in [1.54, 1.807) is 38.1 Å². The van der Waals surface area contributed by atoms with Gasteiger partial charge in [0.25, 0.3) is 5.91 Å². The summed E-state index contributed by atoms with van der Waals surface area (Å²) in [5, 5.41) is 23.3. The molecule has 0 saturated heterocycles. The lowest BCUT2D eigenvalue weighted by Crippen LogP contribution is -2.22. The minimum atomic E-state index is -0.664. The van der Waals surface area contributed by atoms with Crippen LogP contribution in [-0.2, 0) is 9.53 Å². The number of hydrogen-bond donors (Lipinski definition) is 3. The third-order valence-corrected chi connectivity index (χ3v) is 2.70. The summed E-state index contributed by atoms with van der Waals surface area (Å²) < 4.78 is 4.92. The van der Waals surface area contributed by atoms with Crippen molar-refractivity contribution in [2.45, 2.75) is 20.0 Å². The Hall–Kier alpha value is -2.85. The first-order chi connectivity index (χ1) is 11.0. The van der Waals surface area contributed by atoms with E-state index >= 15 is 0 Å². The van der Waals surface area contributed by atoms with E-state index in [9.17, 15) is 9.59 Å². The number of esters is 1. The number of aliphatic hydroxyl groups is 1. The predicted molar refractivity (Wildman–Crippen MR) is 84.4 cm³/mol. The van der Waals surface area contributed by atoms with Crippen molar-refractivity contribution in [3.63, 3.8) is 0 Å². The first kappa shape index (κ1) is 18.2. The summed E-state index contributed by atoms with van der Waals surface area (Å²) in [5.41, 5.74) is 0.286. The summed E-state index contributed by atoms with van der Waals surface area (Å²) in [6.45, 7) is 3.68. The van der Waals surface area contributed by atoms with E-state index < -0.39 is 18.0 Å². The maximum absolute atomic E-state index is 12.1. The quantitative estimate of drug-likeness (QED) is 0.395. The van der Waals surface area contributed by atoms with E-state index in [1.165, 1.54) is 12.3 Å². The third-order valence-electron chi connectivity index (χ3n) is 2.70. The molecule has 7 nitrogen and oxygen atoms in total. The number of nitrogens with zero attached hydrogens (tertiary/aromatic N) is 1. The predicted octanol–water partition coefficient (Wildman–Crippen LogP) is 1.18. The van der Waals surface area contributed by atoms with Crippen molar-refractivity contribution < 1.29 is 19.4 Å². The van der Waals surface area contributed by atoms with Gasteiger partial charge in [-0.1, -0.05) is 12.1 Å². The van der Waals surface area contributed by atoms with Crippen LogP contribution in [0.25, 0.3) is 0 Å². The number of benzene rings is 1. The molecule has 7 heteroatoms. The van der Waals surface area contributed by atoms with Crippen molar-refractivity contribution in [3.05, 3.63) is 41.6 Å². The highest BCUT2D eigenvalue weighted by atomic mass is 16.5. The van der Waals surface area contributed by atoms with Gasteiger partial charge < -0.3 is 20.5 Å². The van der Waals surface area contributed by atoms with Crippen molar-refractivity contribution in [2.75, 3.05) is 18.5 Å². The van der Waals surface area contributed by atoms with Crippen LogP contribution in [-0.4, -0.2) is 36.2 Å². The van der Waals surface area contributed by atoms with Gasteiger partial charge in [0.1, 0.15) is 11.6 Å². The van der Waals surface area contributed by atoms with Crippen LogP contribution in [0, 0.1) is 11.3 Å². The lowest BCUT2D eigenvalue weighted by Gasteiger charge is -2.10. The SMILES string of the molecule is CCOC(=O)c1ccccc1NC(=O)/C(C#N)=C\NCC(C)O. The average molecular weight is 317 g/mol. The molecule has 0 aliphatic carbocycles. The van der Waals surface area contributed by atoms with Crippen LogP contribution in [0.1, 0.15) is 24.2 Å². The van der Waals surface area contributed by atoms with E-state index in [4.69, 9.17) is 15.1 Å². The van der Waals surface area contributed by atoms with Crippen molar-refractivity contribution in [1.29, 1.82) is 5.26 Å². The Morgan fingerprint density at radius 1 is 1.43 bits per heavy atom. The van der Waals surface area contributed by atoms with Gasteiger partial charge in [0.2, 0.25) is 0 Å². The van der Waals surface area contributed by atoms with E-state index in [-0.39, 0.29) is 30.0 Å². The summed E-state index contributed by atoms with van der Waals surface area (Å²) in [4.78, 5) is 23.9. The zero-order chi connectivity index (χ0) is 17.2. The first-order valence-corrected chi connectivity index (χ1v) is 7.08. The van der Waals surface area contributed by atoms with Gasteiger partial charge in [0, 0.05) is 12.7 Å². The van der Waals surface area contributed by atoms with Crippen LogP contribution in [0.5, 0.6) is 0 Å². The highest BCUT2D eigenvalue weighted by molar-refractivity contribution is 6.09. The minimum absolute atomic E-state index is 0.177. The Balaban J connectivity index is 2.88. The van der Waals surface area contributed by atoms with Gasteiger partial charge in [-0.15, -0.1) is 0 Å². The normalized spacial score (nSPS) is 12.0. The van der Waals surface area contributed by atoms with Gasteiger partial charge >= 0.3 is 5.97 Å². The number of carbonyl (C=O) groups is 2. The number of ether oxygens (including phenoxy) is 1. The molecule has 0 radical (unpaired) electrons. The lowest BCUT2D eigenvalue weighted by atomic mass is 10.1. The molecule has 23 heavy (non-hydrogen) atoms. The fraction of sp³-hybridized carbons (Fsp3) is 0.312. The molecule has 1 atom stereocenters. The molecular formula is C16H19N3O4. The van der Waals surface area contributed by atoms with E-state index in [0.29, 0.717) is 0 Å². The van der Waals surface area contributed by atoms with Crippen molar-refractivity contribution in [3.8, 4) is 6.07 Å². The second kappa shape index (κ2) is 9.23. The standard InChI is InChI=1S/C16H19N3O4/c1-3-23-16(22)13-6-4-5-7-14(13)19-15(21)12(8-17)10-18-9-11(2)20/h4-7,10-11,18,20H,3,9H2,1-2H3,(H,19,21)/b12-10-. The molecule has 0 aliphatic rings. The molecule has 1 aromatic rings. The van der Waals surface area contributed by atoms with Crippen LogP contribution in [0.4, 0.5) is 5.69 Å². The third kappa shape index (κ3) is 5.80. The molecule has 1 amide bonds. The molecule has 0 saturated carbocycles. The Bertz CT molecular complexity index is 632. The molecule has 1 unspecified atom stereocenters. The molecule has 3 N–H and O–H groups in total. The number of hydrogen-bond acceptors (Lipinski definition) is 6. The highest BCUT2D eigenvalue weighted by Crippen LogP contribution is 2.17. The van der Waals surface area contributed by atoms with Gasteiger partial charge in [0.05, 0.1) is 24.0 Å². The van der Waals surface area contributed by atoms with Crippen LogP contribution >= 0.6 is 0 Å². The molecule has 0 heterocycles. The molecule has 0 spiro atoms. The number of nitriles is 1. The number of para-hydroxylation sites is 1. The second-order valence-electron chi connectivity index (χ2n) is 4.65. The van der Waals surface area contributed by atoms with Crippen molar-refractivity contribution in [2.24, 2.45) is 0 Å². The lowest BCUT2D eigenvalue weighted by molar-refractivity contribution is -0.112. The number of amides is 1. The number of anilines is 1. The molecule has 122 valence electrons. The van der Waals surface area contributed by atoms with Gasteiger partial charge in [-0.25, -0.2) is 4.79 Å². The highest BCUT2D eigenvalue weighted by Gasteiger charge is 2.16. The van der Waals surface area contributed by atoms with E-state index in [1.807, 2.05) is 0 Å². The fourth-order valence-corrected chi connectivity index (χ4v) is 1.65. The molecule has 0 bridgehead atoms. The monoisotopic (exact) mass is 317 g/mol. The molecule has 1 aromatic carbocycles. The van der Waals surface area contributed by atoms with E-state index in [0.717, 1.165) is 0 Å². The Morgan fingerprint density at radius 2 is 2.13 bits per heavy atom. The number of aliphatic hydroxyl groups excluding tert-OH is 1. The number of rotatable bonds is 7. The van der Waals surface area contributed by atoms with Gasteiger partial charge in [0.15, 0.2) is 0 Å². The van der Waals surface area contributed by atoms with E-state index in [2.05, 4.69) is 10.6 Å². The zero-order valence-electron chi connectivity index (χ0n) is 13.0. The summed E-state index contributed by atoms with van der Waals surface area (Å²) in [6.07, 6.45) is 0.605. The molecule has 0 aliphatic heterocycles. The zero-order valence-corrected chi connectivity index (χ0v) is 13.0. The smallest absolute Gasteiger partial charge is 0.340 e. The van der Waals surface area contributed by atoms with Crippen LogP contribution in [0.2, 0.25) is 0 Å². The molecule has 0 aromatic heterocycles. The number of carbonyl (C=O) groups excluding carboxylic acids is 2.